The first-order valence-electron chi connectivity index (χ1n) is 4.60. The Balaban J connectivity index is 2.34. The van der Waals surface area contributed by atoms with E-state index in [0.717, 1.165) is 12.8 Å². The molecule has 1 aliphatic rings. The molecule has 0 bridgehead atoms. The van der Waals surface area contributed by atoms with Crippen LogP contribution in [0.3, 0.4) is 0 Å². The smallest absolute Gasteiger partial charge is 0.200 e. The van der Waals surface area contributed by atoms with Crippen LogP contribution in [0.2, 0.25) is 0 Å². The third-order valence-corrected chi connectivity index (χ3v) is 2.61. The number of phenols is 3. The van der Waals surface area contributed by atoms with Crippen LogP contribution in [0.5, 0.6) is 17.2 Å². The van der Waals surface area contributed by atoms with E-state index in [2.05, 4.69) is 0 Å². The Kier molecular flexibility index (Phi) is 2.00. The van der Waals surface area contributed by atoms with E-state index in [9.17, 15) is 10.2 Å². The summed E-state index contributed by atoms with van der Waals surface area (Å²) in [6, 6.07) is 2.64. The number of rotatable bonds is 2. The Morgan fingerprint density at radius 1 is 1.14 bits per heavy atom. The SMILES string of the molecule is N[C@H](c1cc(O)c(O)c(O)c1)C1CC1. The van der Waals surface area contributed by atoms with Crippen LogP contribution in [-0.2, 0) is 0 Å². The highest BCUT2D eigenvalue weighted by Crippen LogP contribution is 2.43. The van der Waals surface area contributed by atoms with Crippen molar-refractivity contribution in [2.75, 3.05) is 0 Å². The molecule has 0 saturated heterocycles. The molecule has 4 heteroatoms. The minimum absolute atomic E-state index is 0.160. The monoisotopic (exact) mass is 195 g/mol. The molecule has 0 unspecified atom stereocenters. The van der Waals surface area contributed by atoms with Crippen molar-refractivity contribution in [3.8, 4) is 17.2 Å². The van der Waals surface area contributed by atoms with Crippen LogP contribution in [-0.4, -0.2) is 15.3 Å². The van der Waals surface area contributed by atoms with Gasteiger partial charge in [-0.05, 0) is 36.5 Å². The molecule has 76 valence electrons. The number of phenolic OH excluding ortho intramolecular Hbond substituents is 3. The van der Waals surface area contributed by atoms with Crippen molar-refractivity contribution < 1.29 is 15.3 Å². The normalized spacial score (nSPS) is 18.1. The number of hydrogen-bond acceptors (Lipinski definition) is 4. The molecule has 0 spiro atoms. The molecule has 5 N–H and O–H groups in total. The quantitative estimate of drug-likeness (QED) is 0.534. The number of benzene rings is 1. The summed E-state index contributed by atoms with van der Waals surface area (Å²) in [5, 5.41) is 27.7. The van der Waals surface area contributed by atoms with Gasteiger partial charge in [0.1, 0.15) is 0 Å². The van der Waals surface area contributed by atoms with Gasteiger partial charge in [-0.2, -0.15) is 0 Å². The summed E-state index contributed by atoms with van der Waals surface area (Å²) < 4.78 is 0. The Hall–Kier alpha value is -1.42. The zero-order valence-electron chi connectivity index (χ0n) is 7.64. The van der Waals surface area contributed by atoms with E-state index in [1.165, 1.54) is 12.1 Å². The third kappa shape index (κ3) is 1.48. The van der Waals surface area contributed by atoms with E-state index in [1.807, 2.05) is 0 Å². The summed E-state index contributed by atoms with van der Waals surface area (Å²) >= 11 is 0. The van der Waals surface area contributed by atoms with Gasteiger partial charge in [0.05, 0.1) is 0 Å². The van der Waals surface area contributed by atoms with Crippen LogP contribution in [0.4, 0.5) is 0 Å². The molecular formula is C10H13NO3. The highest BCUT2D eigenvalue weighted by molar-refractivity contribution is 5.51. The summed E-state index contributed by atoms with van der Waals surface area (Å²) in [6.07, 6.45) is 2.17. The minimum Gasteiger partial charge on any atom is -0.504 e. The first-order valence-corrected chi connectivity index (χ1v) is 4.60. The lowest BCUT2D eigenvalue weighted by Gasteiger charge is -2.12. The Morgan fingerprint density at radius 3 is 2.07 bits per heavy atom. The van der Waals surface area contributed by atoms with Crippen molar-refractivity contribution in [3.05, 3.63) is 17.7 Å². The van der Waals surface area contributed by atoms with Gasteiger partial charge in [0.15, 0.2) is 17.2 Å². The van der Waals surface area contributed by atoms with Gasteiger partial charge in [0.25, 0.3) is 0 Å². The van der Waals surface area contributed by atoms with E-state index >= 15 is 0 Å². The van der Waals surface area contributed by atoms with Crippen LogP contribution in [0, 0.1) is 5.92 Å². The molecule has 0 radical (unpaired) electrons. The molecule has 1 aromatic rings. The number of nitrogens with two attached hydrogens (primary N) is 1. The molecule has 0 amide bonds. The Bertz CT molecular complexity index is 337. The molecule has 14 heavy (non-hydrogen) atoms. The van der Waals surface area contributed by atoms with Gasteiger partial charge in [0.2, 0.25) is 0 Å². The molecular weight excluding hydrogens is 182 g/mol. The van der Waals surface area contributed by atoms with Gasteiger partial charge in [-0.15, -0.1) is 0 Å². The predicted octanol–water partition coefficient (Wildman–Crippen LogP) is 1.21. The molecule has 1 aromatic carbocycles. The van der Waals surface area contributed by atoms with Crippen molar-refractivity contribution in [2.24, 2.45) is 11.7 Å². The fourth-order valence-corrected chi connectivity index (χ4v) is 1.55. The zero-order valence-corrected chi connectivity index (χ0v) is 7.64. The third-order valence-electron chi connectivity index (χ3n) is 2.61. The van der Waals surface area contributed by atoms with Crippen molar-refractivity contribution in [1.29, 1.82) is 0 Å². The molecule has 1 aliphatic carbocycles. The van der Waals surface area contributed by atoms with E-state index in [0.29, 0.717) is 11.5 Å². The van der Waals surface area contributed by atoms with E-state index < -0.39 is 5.75 Å². The van der Waals surface area contributed by atoms with Gasteiger partial charge in [0, 0.05) is 6.04 Å². The van der Waals surface area contributed by atoms with E-state index in [4.69, 9.17) is 10.8 Å². The van der Waals surface area contributed by atoms with Crippen LogP contribution in [0.25, 0.3) is 0 Å². The molecule has 1 fully saturated rings. The fourth-order valence-electron chi connectivity index (χ4n) is 1.55. The van der Waals surface area contributed by atoms with Crippen molar-refractivity contribution in [3.63, 3.8) is 0 Å². The molecule has 0 heterocycles. The number of hydrogen-bond donors (Lipinski definition) is 4. The maximum atomic E-state index is 9.27. The van der Waals surface area contributed by atoms with Crippen molar-refractivity contribution in [1.82, 2.24) is 0 Å². The van der Waals surface area contributed by atoms with E-state index in [-0.39, 0.29) is 17.5 Å². The second kappa shape index (κ2) is 3.06. The largest absolute Gasteiger partial charge is 0.504 e. The molecule has 1 saturated carbocycles. The summed E-state index contributed by atoms with van der Waals surface area (Å²) in [5.41, 5.74) is 6.55. The molecule has 2 rings (SSSR count). The van der Waals surface area contributed by atoms with Gasteiger partial charge in [-0.1, -0.05) is 0 Å². The van der Waals surface area contributed by atoms with Crippen LogP contribution < -0.4 is 5.73 Å². The first-order chi connectivity index (χ1) is 6.59. The minimum atomic E-state index is -0.489. The maximum absolute atomic E-state index is 9.27. The lowest BCUT2D eigenvalue weighted by molar-refractivity contribution is 0.366. The summed E-state index contributed by atoms with van der Waals surface area (Å²) in [6.45, 7) is 0. The molecule has 4 nitrogen and oxygen atoms in total. The first kappa shape index (κ1) is 9.15. The standard InChI is InChI=1S/C10H13NO3/c11-9(5-1-2-5)6-3-7(12)10(14)8(13)4-6/h3-5,9,12-14H,1-2,11H2/t9-/m0/s1. The lowest BCUT2D eigenvalue weighted by atomic mass is 10.0. The van der Waals surface area contributed by atoms with Crippen LogP contribution in [0.15, 0.2) is 12.1 Å². The van der Waals surface area contributed by atoms with Crippen molar-refractivity contribution >= 4 is 0 Å². The molecule has 1 atom stereocenters. The van der Waals surface area contributed by atoms with Crippen molar-refractivity contribution in [2.45, 2.75) is 18.9 Å². The Morgan fingerprint density at radius 2 is 1.64 bits per heavy atom. The fraction of sp³-hybridized carbons (Fsp3) is 0.400. The second-order valence-electron chi connectivity index (χ2n) is 3.77. The topological polar surface area (TPSA) is 86.7 Å². The predicted molar refractivity (Wildman–Crippen MR) is 51.1 cm³/mol. The van der Waals surface area contributed by atoms with Gasteiger partial charge in [-0.3, -0.25) is 0 Å². The average molecular weight is 195 g/mol. The lowest BCUT2D eigenvalue weighted by Crippen LogP contribution is -2.11. The van der Waals surface area contributed by atoms with Gasteiger partial charge in [-0.25, -0.2) is 0 Å². The second-order valence-corrected chi connectivity index (χ2v) is 3.77. The number of aromatic hydroxyl groups is 3. The molecule has 0 aliphatic heterocycles. The summed E-state index contributed by atoms with van der Waals surface area (Å²) in [5.74, 6) is -0.692. The van der Waals surface area contributed by atoms with Crippen LogP contribution >= 0.6 is 0 Å². The highest BCUT2D eigenvalue weighted by Gasteiger charge is 2.30. The highest BCUT2D eigenvalue weighted by atomic mass is 16.3. The van der Waals surface area contributed by atoms with E-state index in [1.54, 1.807) is 0 Å². The Labute approximate surface area is 81.6 Å². The zero-order chi connectivity index (χ0) is 10.3. The molecule has 0 aromatic heterocycles. The van der Waals surface area contributed by atoms with Gasteiger partial charge >= 0.3 is 0 Å². The summed E-state index contributed by atoms with van der Waals surface area (Å²) in [7, 11) is 0. The van der Waals surface area contributed by atoms with Gasteiger partial charge < -0.3 is 21.1 Å². The van der Waals surface area contributed by atoms with Crippen LogP contribution in [0.1, 0.15) is 24.4 Å². The summed E-state index contributed by atoms with van der Waals surface area (Å²) in [4.78, 5) is 0. The maximum Gasteiger partial charge on any atom is 0.200 e. The average Bonchev–Trinajstić information content (AvgIpc) is 2.95.